The van der Waals surface area contributed by atoms with Gasteiger partial charge in [-0.25, -0.2) is 19.3 Å². The molecule has 24 heavy (non-hydrogen) atoms. The van der Waals surface area contributed by atoms with Crippen molar-refractivity contribution >= 4 is 49.1 Å². The molecule has 0 N–H and O–H groups in total. The van der Waals surface area contributed by atoms with Gasteiger partial charge in [0.1, 0.15) is 22.6 Å². The number of hydrogen-bond donors (Lipinski definition) is 0. The van der Waals surface area contributed by atoms with Crippen molar-refractivity contribution < 1.29 is 9.53 Å². The molecular formula is C14H11BrN6O2S. The van der Waals surface area contributed by atoms with Crippen molar-refractivity contribution in [3.8, 4) is 0 Å². The van der Waals surface area contributed by atoms with Crippen LogP contribution in [0.2, 0.25) is 0 Å². The smallest absolute Gasteiger partial charge is 0.348 e. The van der Waals surface area contributed by atoms with Crippen LogP contribution in [0.4, 0.5) is 0 Å². The molecule has 0 bridgehead atoms. The predicted molar refractivity (Wildman–Crippen MR) is 91.3 cm³/mol. The van der Waals surface area contributed by atoms with E-state index < -0.39 is 0 Å². The molecule has 0 amide bonds. The summed E-state index contributed by atoms with van der Waals surface area (Å²) < 4.78 is 9.09. The normalized spacial score (nSPS) is 11.5. The number of carbonyl (C=O) groups is 1. The Kier molecular flexibility index (Phi) is 3.57. The van der Waals surface area contributed by atoms with Gasteiger partial charge < -0.3 is 4.74 Å². The Morgan fingerprint density at radius 3 is 3.00 bits per heavy atom. The van der Waals surface area contributed by atoms with Crippen LogP contribution in [0.1, 0.15) is 21.1 Å². The monoisotopic (exact) mass is 406 g/mol. The van der Waals surface area contributed by atoms with E-state index in [-0.39, 0.29) is 5.97 Å². The highest BCUT2D eigenvalue weighted by molar-refractivity contribution is 9.10. The molecule has 0 aromatic carbocycles. The highest BCUT2D eigenvalue weighted by atomic mass is 79.9. The molecule has 0 fully saturated rings. The van der Waals surface area contributed by atoms with Gasteiger partial charge in [-0.05, 0) is 28.4 Å². The number of carbonyl (C=O) groups excluding carboxylic acids is 1. The van der Waals surface area contributed by atoms with Crippen molar-refractivity contribution in [2.75, 3.05) is 7.11 Å². The summed E-state index contributed by atoms with van der Waals surface area (Å²) in [5.41, 5.74) is 1.48. The second kappa shape index (κ2) is 5.64. The van der Waals surface area contributed by atoms with Gasteiger partial charge >= 0.3 is 5.97 Å². The van der Waals surface area contributed by atoms with Gasteiger partial charge in [-0.15, -0.1) is 16.4 Å². The Bertz CT molecular complexity index is 1080. The summed E-state index contributed by atoms with van der Waals surface area (Å²) in [5.74, 6) is 0.250. The van der Waals surface area contributed by atoms with Crippen LogP contribution >= 0.6 is 27.3 Å². The molecule has 0 spiro atoms. The van der Waals surface area contributed by atoms with Crippen molar-refractivity contribution in [3.05, 3.63) is 39.5 Å². The van der Waals surface area contributed by atoms with E-state index in [1.54, 1.807) is 21.7 Å². The fourth-order valence-corrected chi connectivity index (χ4v) is 3.89. The molecule has 4 aromatic rings. The first-order chi connectivity index (χ1) is 11.6. The van der Waals surface area contributed by atoms with Crippen molar-refractivity contribution in [2.45, 2.75) is 13.5 Å². The second-order valence-electron chi connectivity index (χ2n) is 5.12. The molecule has 10 heteroatoms. The van der Waals surface area contributed by atoms with Gasteiger partial charge in [0.2, 0.25) is 0 Å². The maximum atomic E-state index is 11.9. The van der Waals surface area contributed by atoms with E-state index in [1.807, 2.05) is 13.1 Å². The molecule has 0 aliphatic carbocycles. The zero-order valence-electron chi connectivity index (χ0n) is 12.7. The van der Waals surface area contributed by atoms with E-state index in [0.717, 1.165) is 20.3 Å². The van der Waals surface area contributed by atoms with Crippen molar-refractivity contribution in [2.24, 2.45) is 0 Å². The highest BCUT2D eigenvalue weighted by Gasteiger charge is 2.20. The molecule has 122 valence electrons. The summed E-state index contributed by atoms with van der Waals surface area (Å²) in [6, 6.07) is 0. The minimum atomic E-state index is -0.366. The number of ether oxygens (including phenoxy) is 1. The largest absolute Gasteiger partial charge is 0.465 e. The van der Waals surface area contributed by atoms with Gasteiger partial charge in [-0.1, -0.05) is 0 Å². The van der Waals surface area contributed by atoms with E-state index in [1.165, 1.54) is 18.4 Å². The minimum absolute atomic E-state index is 0.366. The Balaban J connectivity index is 1.85. The number of methoxy groups -OCH3 is 1. The van der Waals surface area contributed by atoms with Gasteiger partial charge in [0.15, 0.2) is 11.5 Å². The van der Waals surface area contributed by atoms with Crippen LogP contribution < -0.4 is 0 Å². The first kappa shape index (κ1) is 15.2. The SMILES string of the molecule is COC(=O)c1sc2ncn3nc(Cn4cc(Br)cn4)nc3c2c1C. The van der Waals surface area contributed by atoms with Crippen LogP contribution in [-0.4, -0.2) is 42.4 Å². The molecule has 0 aliphatic rings. The molecule has 4 rings (SSSR count). The lowest BCUT2D eigenvalue weighted by Gasteiger charge is -1.96. The number of rotatable bonds is 3. The predicted octanol–water partition coefficient (Wildman–Crippen LogP) is 2.44. The number of fused-ring (bicyclic) bond motifs is 3. The van der Waals surface area contributed by atoms with Crippen molar-refractivity contribution in [3.63, 3.8) is 0 Å². The van der Waals surface area contributed by atoms with Gasteiger partial charge in [0.25, 0.3) is 0 Å². The lowest BCUT2D eigenvalue weighted by Crippen LogP contribution is -2.01. The third-order valence-electron chi connectivity index (χ3n) is 3.59. The lowest BCUT2D eigenvalue weighted by atomic mass is 10.2. The number of halogens is 1. The number of esters is 1. The molecule has 0 radical (unpaired) electrons. The maximum absolute atomic E-state index is 11.9. The van der Waals surface area contributed by atoms with Crippen LogP contribution in [0.3, 0.4) is 0 Å². The van der Waals surface area contributed by atoms with Crippen LogP contribution in [0.5, 0.6) is 0 Å². The van der Waals surface area contributed by atoms with E-state index in [4.69, 9.17) is 4.74 Å². The first-order valence-corrected chi connectivity index (χ1v) is 8.57. The number of thiophene rings is 1. The molecule has 4 heterocycles. The molecule has 0 atom stereocenters. The Hall–Kier alpha value is -2.33. The van der Waals surface area contributed by atoms with Crippen LogP contribution in [0.15, 0.2) is 23.2 Å². The Morgan fingerprint density at radius 2 is 2.29 bits per heavy atom. The quantitative estimate of drug-likeness (QED) is 0.485. The van der Waals surface area contributed by atoms with E-state index in [0.29, 0.717) is 22.9 Å². The first-order valence-electron chi connectivity index (χ1n) is 6.96. The summed E-state index contributed by atoms with van der Waals surface area (Å²) in [6.07, 6.45) is 5.16. The molecule has 0 saturated heterocycles. The fourth-order valence-electron chi connectivity index (χ4n) is 2.50. The summed E-state index contributed by atoms with van der Waals surface area (Å²) in [5, 5.41) is 9.47. The van der Waals surface area contributed by atoms with E-state index in [9.17, 15) is 4.79 Å². The molecule has 8 nitrogen and oxygen atoms in total. The number of aryl methyl sites for hydroxylation is 1. The van der Waals surface area contributed by atoms with Crippen LogP contribution in [0, 0.1) is 6.92 Å². The molecule has 0 unspecified atom stereocenters. The average molecular weight is 407 g/mol. The number of nitrogens with zero attached hydrogens (tertiary/aromatic N) is 6. The molecule has 4 aromatic heterocycles. The van der Waals surface area contributed by atoms with Gasteiger partial charge in [0, 0.05) is 6.20 Å². The summed E-state index contributed by atoms with van der Waals surface area (Å²) >= 11 is 4.66. The van der Waals surface area contributed by atoms with Crippen molar-refractivity contribution in [1.82, 2.24) is 29.4 Å². The summed E-state index contributed by atoms with van der Waals surface area (Å²) in [4.78, 5) is 22.1. The zero-order chi connectivity index (χ0) is 16.8. The fraction of sp³-hybridized carbons (Fsp3) is 0.214. The van der Waals surface area contributed by atoms with Crippen molar-refractivity contribution in [1.29, 1.82) is 0 Å². The topological polar surface area (TPSA) is 87.2 Å². The highest BCUT2D eigenvalue weighted by Crippen LogP contribution is 2.32. The summed E-state index contributed by atoms with van der Waals surface area (Å²) in [7, 11) is 1.37. The molecular weight excluding hydrogens is 396 g/mol. The van der Waals surface area contributed by atoms with Gasteiger partial charge in [-0.2, -0.15) is 5.10 Å². The number of aromatic nitrogens is 6. The Morgan fingerprint density at radius 1 is 1.46 bits per heavy atom. The summed E-state index contributed by atoms with van der Waals surface area (Å²) in [6.45, 7) is 2.31. The second-order valence-corrected chi connectivity index (χ2v) is 7.04. The molecule has 0 aliphatic heterocycles. The van der Waals surface area contributed by atoms with Crippen LogP contribution in [-0.2, 0) is 11.3 Å². The van der Waals surface area contributed by atoms with E-state index in [2.05, 4.69) is 36.1 Å². The van der Waals surface area contributed by atoms with Gasteiger partial charge in [-0.3, -0.25) is 4.68 Å². The van der Waals surface area contributed by atoms with Gasteiger partial charge in [0.05, 0.1) is 23.2 Å². The third kappa shape index (κ3) is 2.38. The Labute approximate surface area is 148 Å². The minimum Gasteiger partial charge on any atom is -0.465 e. The van der Waals surface area contributed by atoms with Crippen LogP contribution in [0.25, 0.3) is 15.9 Å². The zero-order valence-corrected chi connectivity index (χ0v) is 15.1. The number of hydrogen-bond acceptors (Lipinski definition) is 7. The third-order valence-corrected chi connectivity index (χ3v) is 5.18. The maximum Gasteiger partial charge on any atom is 0.348 e. The lowest BCUT2D eigenvalue weighted by molar-refractivity contribution is 0.0605. The average Bonchev–Trinajstić information content (AvgIpc) is 3.24. The van der Waals surface area contributed by atoms with E-state index >= 15 is 0 Å². The standard InChI is InChI=1S/C14H11BrN6O2S/c1-7-10-12-18-9(5-20-4-8(15)3-17-20)19-21(12)6-16-13(10)24-11(7)14(22)23-2/h3-4,6H,5H2,1-2H3. The molecule has 0 saturated carbocycles.